The molecule has 17 heavy (non-hydrogen) atoms. The number of nitrogens with zero attached hydrogens (tertiary/aromatic N) is 1. The van der Waals surface area contributed by atoms with Crippen molar-refractivity contribution in [2.45, 2.75) is 0 Å². The minimum Gasteiger partial charge on any atom is -0.370 e. The van der Waals surface area contributed by atoms with E-state index in [-0.39, 0.29) is 0 Å². The summed E-state index contributed by atoms with van der Waals surface area (Å²) >= 11 is 2.40. The number of hydrogen-bond acceptors (Lipinski definition) is 1. The van der Waals surface area contributed by atoms with Crippen LogP contribution in [-0.4, -0.2) is 13.6 Å². The summed E-state index contributed by atoms with van der Waals surface area (Å²) in [5.41, 5.74) is 1.25. The highest BCUT2D eigenvalue weighted by atomic mass is 127. The molecule has 0 amide bonds. The average molecular weight is 336 g/mol. The molecule has 0 aromatic heterocycles. The van der Waals surface area contributed by atoms with Crippen molar-refractivity contribution in [1.29, 1.82) is 0 Å². The van der Waals surface area contributed by atoms with Gasteiger partial charge in [-0.1, -0.05) is 24.3 Å². The molecule has 0 saturated heterocycles. The molecule has 5 radical (unpaired) electrons. The minimum atomic E-state index is 0.940. The van der Waals surface area contributed by atoms with Crippen molar-refractivity contribution in [1.82, 2.24) is 0 Å². The molecule has 1 nitrogen and oxygen atoms in total. The highest BCUT2D eigenvalue weighted by Gasteiger charge is 2.15. The molecule has 0 N–H and O–H groups in total. The molecule has 1 aliphatic carbocycles. The van der Waals surface area contributed by atoms with E-state index in [2.05, 4.69) is 90.6 Å². The van der Waals surface area contributed by atoms with E-state index in [1.54, 1.807) is 0 Å². The predicted molar refractivity (Wildman–Crippen MR) is 82.3 cm³/mol. The third-order valence-electron chi connectivity index (χ3n) is 2.60. The van der Waals surface area contributed by atoms with Gasteiger partial charge in [-0.2, -0.15) is 0 Å². The Labute approximate surface area is 118 Å². The van der Waals surface area contributed by atoms with Gasteiger partial charge >= 0.3 is 0 Å². The first kappa shape index (κ1) is 12.9. The fourth-order valence-corrected chi connectivity index (χ4v) is 2.58. The van der Waals surface area contributed by atoms with Gasteiger partial charge in [0.2, 0.25) is 0 Å². The molecule has 87 valence electrons. The number of hydrogen-bond donors (Lipinski definition) is 0. The summed E-state index contributed by atoms with van der Waals surface area (Å²) in [6.45, 7) is 0.940. The van der Waals surface area contributed by atoms with Crippen molar-refractivity contribution < 1.29 is 0 Å². The topological polar surface area (TPSA) is 3.24 Å². The molecule has 0 heterocycles. The van der Waals surface area contributed by atoms with E-state index >= 15 is 0 Å². The normalized spacial score (nSPS) is 17.4. The van der Waals surface area contributed by atoms with Crippen LogP contribution in [0.2, 0.25) is 0 Å². The summed E-state index contributed by atoms with van der Waals surface area (Å²) in [5.74, 6) is 1.27. The molecule has 2 heteroatoms. The van der Waals surface area contributed by atoms with E-state index in [0.717, 1.165) is 6.54 Å². The molecule has 0 unspecified atom stereocenters. The number of benzene rings is 1. The van der Waals surface area contributed by atoms with Crippen LogP contribution in [0.25, 0.3) is 0 Å². The predicted octanol–water partition coefficient (Wildman–Crippen LogP) is 3.85. The Morgan fingerprint density at radius 2 is 1.82 bits per heavy atom. The second-order valence-electron chi connectivity index (χ2n) is 4.00. The molecule has 2 rings (SSSR count). The van der Waals surface area contributed by atoms with Gasteiger partial charge in [0.15, 0.2) is 0 Å². The van der Waals surface area contributed by atoms with Crippen molar-refractivity contribution in [3.8, 4) is 0 Å². The first-order chi connectivity index (χ1) is 8.25. The Hall–Kier alpha value is -0.510. The van der Waals surface area contributed by atoms with E-state index < -0.39 is 0 Å². The van der Waals surface area contributed by atoms with Gasteiger partial charge in [0.05, 0.1) is 0 Å². The molecule has 0 aliphatic heterocycles. The maximum Gasteiger partial charge on any atom is 0.0480 e. The number of allylic oxidation sites excluding steroid dienone is 1. The third-order valence-corrected chi connectivity index (χ3v) is 3.25. The van der Waals surface area contributed by atoms with E-state index in [1.165, 1.54) is 15.2 Å². The Morgan fingerprint density at radius 1 is 1.18 bits per heavy atom. The first-order valence-corrected chi connectivity index (χ1v) is 6.67. The van der Waals surface area contributed by atoms with Crippen LogP contribution in [0.4, 0.5) is 5.69 Å². The second kappa shape index (κ2) is 6.43. The summed E-state index contributed by atoms with van der Waals surface area (Å²) in [6, 6.07) is 10.4. The number of para-hydroxylation sites is 1. The van der Waals surface area contributed by atoms with Gasteiger partial charge in [-0.25, -0.2) is 0 Å². The molecule has 1 aliphatic rings. The standard InChI is InChI=1S/C15H15IN/c1-17(15-9-3-2-4-10-15)12-14(16)11-13-7-5-6-8-13/h2-11H,12H2,1H3/b14-11-. The van der Waals surface area contributed by atoms with Crippen LogP contribution in [-0.2, 0) is 0 Å². The van der Waals surface area contributed by atoms with Crippen LogP contribution in [0.3, 0.4) is 0 Å². The number of halogens is 1. The monoisotopic (exact) mass is 336 g/mol. The molecule has 1 aromatic carbocycles. The molecule has 0 spiro atoms. The minimum absolute atomic E-state index is 0.940. The van der Waals surface area contributed by atoms with Crippen LogP contribution in [0.1, 0.15) is 0 Å². The second-order valence-corrected chi connectivity index (χ2v) is 5.39. The highest BCUT2D eigenvalue weighted by molar-refractivity contribution is 14.1. The van der Waals surface area contributed by atoms with Gasteiger partial charge in [-0.15, -0.1) is 0 Å². The van der Waals surface area contributed by atoms with Gasteiger partial charge in [0, 0.05) is 28.8 Å². The van der Waals surface area contributed by atoms with Crippen molar-refractivity contribution in [3.05, 3.63) is 71.6 Å². The Kier molecular flexibility index (Phi) is 4.89. The zero-order valence-electron chi connectivity index (χ0n) is 9.81. The van der Waals surface area contributed by atoms with Crippen molar-refractivity contribution in [2.24, 2.45) is 0 Å². The molecule has 1 saturated carbocycles. The number of rotatable bonds is 4. The highest BCUT2D eigenvalue weighted by Crippen LogP contribution is 2.27. The number of likely N-dealkylation sites (N-methyl/N-ethyl adjacent to an activating group) is 1. The van der Waals surface area contributed by atoms with E-state index in [9.17, 15) is 0 Å². The Morgan fingerprint density at radius 3 is 2.47 bits per heavy atom. The summed E-state index contributed by atoms with van der Waals surface area (Å²) in [7, 11) is 2.12. The van der Waals surface area contributed by atoms with E-state index in [0.29, 0.717) is 0 Å². The molecule has 0 atom stereocenters. The van der Waals surface area contributed by atoms with Gasteiger partial charge < -0.3 is 4.90 Å². The van der Waals surface area contributed by atoms with Gasteiger partial charge in [0.1, 0.15) is 0 Å². The lowest BCUT2D eigenvalue weighted by atomic mass is 10.1. The molecule has 1 fully saturated rings. The quantitative estimate of drug-likeness (QED) is 0.755. The zero-order chi connectivity index (χ0) is 12.1. The molecular formula is C15H15IN. The lowest BCUT2D eigenvalue weighted by Crippen LogP contribution is -2.18. The lowest BCUT2D eigenvalue weighted by Gasteiger charge is -2.19. The number of anilines is 1. The summed E-state index contributed by atoms with van der Waals surface area (Å²) in [5, 5.41) is 0. The van der Waals surface area contributed by atoms with Crippen LogP contribution >= 0.6 is 22.6 Å². The molecular weight excluding hydrogens is 321 g/mol. The SMILES string of the molecule is CN(C/C(I)=C/[C]1[CH][CH][CH][CH]1)c1ccccc1. The Bertz CT molecular complexity index is 366. The van der Waals surface area contributed by atoms with Gasteiger partial charge in [0.25, 0.3) is 0 Å². The largest absolute Gasteiger partial charge is 0.370 e. The first-order valence-electron chi connectivity index (χ1n) is 5.59. The summed E-state index contributed by atoms with van der Waals surface area (Å²) < 4.78 is 1.33. The lowest BCUT2D eigenvalue weighted by molar-refractivity contribution is 1.02. The van der Waals surface area contributed by atoms with E-state index in [4.69, 9.17) is 0 Å². The van der Waals surface area contributed by atoms with Crippen LogP contribution in [0.15, 0.2) is 40.0 Å². The van der Waals surface area contributed by atoms with Crippen molar-refractivity contribution in [3.63, 3.8) is 0 Å². The maximum atomic E-state index is 2.40. The van der Waals surface area contributed by atoms with Gasteiger partial charge in [-0.05, 0) is 60.4 Å². The van der Waals surface area contributed by atoms with Crippen molar-refractivity contribution >= 4 is 28.3 Å². The van der Waals surface area contributed by atoms with Crippen molar-refractivity contribution in [2.75, 3.05) is 18.5 Å². The fraction of sp³-hybridized carbons (Fsp3) is 0.133. The van der Waals surface area contributed by atoms with Crippen LogP contribution in [0, 0.1) is 31.6 Å². The Balaban J connectivity index is 1.91. The smallest absolute Gasteiger partial charge is 0.0480 e. The summed E-state index contributed by atoms with van der Waals surface area (Å²) in [6.07, 6.45) is 10.6. The van der Waals surface area contributed by atoms with E-state index in [1.807, 2.05) is 6.07 Å². The maximum absolute atomic E-state index is 2.40. The third kappa shape index (κ3) is 4.02. The average Bonchev–Trinajstić information content (AvgIpc) is 2.82. The molecule has 1 aromatic rings. The fourth-order valence-electron chi connectivity index (χ4n) is 1.71. The van der Waals surface area contributed by atoms with Crippen LogP contribution in [0.5, 0.6) is 0 Å². The molecule has 0 bridgehead atoms. The van der Waals surface area contributed by atoms with Gasteiger partial charge in [-0.3, -0.25) is 0 Å². The summed E-state index contributed by atoms with van der Waals surface area (Å²) in [4.78, 5) is 2.25. The zero-order valence-corrected chi connectivity index (χ0v) is 12.0. The van der Waals surface area contributed by atoms with Crippen LogP contribution < -0.4 is 4.90 Å².